The summed E-state index contributed by atoms with van der Waals surface area (Å²) >= 11 is 5.97. The van der Waals surface area contributed by atoms with Gasteiger partial charge in [-0.3, -0.25) is 0 Å². The molecule has 0 aliphatic heterocycles. The van der Waals surface area contributed by atoms with Gasteiger partial charge in [0.2, 0.25) is 0 Å². The third-order valence-electron chi connectivity index (χ3n) is 4.76. The van der Waals surface area contributed by atoms with Gasteiger partial charge in [-0.1, -0.05) is 23.7 Å². The molecule has 0 unspecified atom stereocenters. The minimum Gasteiger partial charge on any atom is -0.346 e. The summed E-state index contributed by atoms with van der Waals surface area (Å²) in [5.41, 5.74) is 2.90. The molecule has 7 heteroatoms. The molecular formula is C23H18ClN5O. The molecule has 0 aliphatic rings. The second kappa shape index (κ2) is 7.57. The van der Waals surface area contributed by atoms with Crippen LogP contribution in [0.2, 0.25) is 5.02 Å². The van der Waals surface area contributed by atoms with Crippen LogP contribution in [-0.4, -0.2) is 20.6 Å². The first kappa shape index (κ1) is 16.1. The first-order valence-corrected chi connectivity index (χ1v) is 9.68. The summed E-state index contributed by atoms with van der Waals surface area (Å²) in [6.07, 6.45) is 4.99. The predicted octanol–water partition coefficient (Wildman–Crippen LogP) is 5.86. The molecule has 30 heavy (non-hydrogen) atoms. The van der Waals surface area contributed by atoms with Crippen LogP contribution < -0.4 is 10.6 Å². The van der Waals surface area contributed by atoms with Gasteiger partial charge in [0.1, 0.15) is 5.65 Å². The Labute approximate surface area is 180 Å². The van der Waals surface area contributed by atoms with Crippen LogP contribution in [0.1, 0.15) is 8.30 Å². The van der Waals surface area contributed by atoms with Gasteiger partial charge < -0.3 is 20.2 Å². The Kier molecular flexibility index (Phi) is 4.06. The number of urea groups is 1. The van der Waals surface area contributed by atoms with Crippen molar-refractivity contribution in [2.75, 3.05) is 10.6 Å². The van der Waals surface area contributed by atoms with E-state index in [4.69, 9.17) is 14.3 Å². The number of carbonyl (C=O) groups is 1. The average Bonchev–Trinajstić information content (AvgIpc) is 3.39. The van der Waals surface area contributed by atoms with Gasteiger partial charge in [-0.2, -0.15) is 0 Å². The van der Waals surface area contributed by atoms with Crippen molar-refractivity contribution in [1.82, 2.24) is 14.5 Å². The topological polar surface area (TPSA) is 74.7 Å². The number of nitrogens with zero attached hydrogens (tertiary/aromatic N) is 2. The Bertz CT molecular complexity index is 1460. The van der Waals surface area contributed by atoms with Crippen molar-refractivity contribution in [2.45, 2.75) is 6.50 Å². The van der Waals surface area contributed by atoms with E-state index in [-0.39, 0.29) is 0 Å². The minimum absolute atomic E-state index is 0.418. The number of H-pyrrole nitrogens is 1. The summed E-state index contributed by atoms with van der Waals surface area (Å²) in [6.45, 7) is -1.84. The second-order valence-corrected chi connectivity index (χ2v) is 7.16. The number of carbonyl (C=O) groups excluding carboxylic acids is 1. The van der Waals surface area contributed by atoms with Crippen LogP contribution in [0, 0.1) is 0 Å². The minimum atomic E-state index is -1.84. The molecule has 0 bridgehead atoms. The Balaban J connectivity index is 1.48. The van der Waals surface area contributed by atoms with Crippen molar-refractivity contribution in [3.05, 3.63) is 89.8 Å². The fraction of sp³-hybridized carbons (Fsp3) is 0.0435. The molecule has 0 saturated heterocycles. The molecule has 6 nitrogen and oxygen atoms in total. The largest absolute Gasteiger partial charge is 0.346 e. The summed E-state index contributed by atoms with van der Waals surface area (Å²) in [5.74, 6) is 0. The number of rotatable bonds is 4. The lowest BCUT2D eigenvalue weighted by molar-refractivity contribution is 0.262. The molecule has 3 heterocycles. The fourth-order valence-electron chi connectivity index (χ4n) is 3.40. The maximum absolute atomic E-state index is 12.5. The van der Waals surface area contributed by atoms with Crippen LogP contribution in [-0.2, 0) is 6.50 Å². The van der Waals surface area contributed by atoms with Crippen molar-refractivity contribution in [3.8, 4) is 0 Å². The van der Waals surface area contributed by atoms with Crippen molar-refractivity contribution < 1.29 is 7.54 Å². The van der Waals surface area contributed by atoms with E-state index < -0.39 is 12.5 Å². The van der Waals surface area contributed by atoms with E-state index in [2.05, 4.69) is 20.6 Å². The van der Waals surface area contributed by atoms with Crippen molar-refractivity contribution in [2.24, 2.45) is 0 Å². The molecule has 5 aromatic rings. The summed E-state index contributed by atoms with van der Waals surface area (Å²) < 4.78 is 19.3. The van der Waals surface area contributed by atoms with Crippen molar-refractivity contribution in [3.63, 3.8) is 0 Å². The third-order valence-corrected chi connectivity index (χ3v) is 4.99. The van der Waals surface area contributed by atoms with Gasteiger partial charge in [0.25, 0.3) is 0 Å². The molecule has 0 aliphatic carbocycles. The molecule has 0 radical (unpaired) electrons. The average molecular weight is 418 g/mol. The summed E-state index contributed by atoms with van der Waals surface area (Å²) in [6, 6.07) is 17.2. The summed E-state index contributed by atoms with van der Waals surface area (Å²) in [5, 5.41) is 7.55. The predicted molar refractivity (Wildman–Crippen MR) is 121 cm³/mol. The van der Waals surface area contributed by atoms with Gasteiger partial charge >= 0.3 is 6.03 Å². The van der Waals surface area contributed by atoms with E-state index in [1.54, 1.807) is 71.7 Å². The van der Waals surface area contributed by atoms with Gasteiger partial charge in [0, 0.05) is 46.6 Å². The van der Waals surface area contributed by atoms with Gasteiger partial charge in [-0.25, -0.2) is 9.78 Å². The van der Waals surface area contributed by atoms with E-state index in [1.807, 2.05) is 12.1 Å². The smallest absolute Gasteiger partial charge is 0.323 e. The molecule has 3 aromatic heterocycles. The van der Waals surface area contributed by atoms with Gasteiger partial charge in [-0.05, 0) is 54.1 Å². The summed E-state index contributed by atoms with van der Waals surface area (Å²) in [7, 11) is 0. The fourth-order valence-corrected chi connectivity index (χ4v) is 3.59. The number of aromatic nitrogens is 3. The Hall–Kier alpha value is -3.77. The molecule has 0 saturated carbocycles. The molecule has 0 spiro atoms. The first-order chi connectivity index (χ1) is 15.4. The van der Waals surface area contributed by atoms with E-state index >= 15 is 0 Å². The van der Waals surface area contributed by atoms with E-state index in [0.29, 0.717) is 33.1 Å². The summed E-state index contributed by atoms with van der Waals surface area (Å²) in [4.78, 5) is 19.8. The van der Waals surface area contributed by atoms with Crippen LogP contribution in [0.25, 0.3) is 21.9 Å². The lowest BCUT2D eigenvalue weighted by Crippen LogP contribution is -2.19. The van der Waals surface area contributed by atoms with E-state index in [1.165, 1.54) is 0 Å². The number of halogens is 1. The zero-order chi connectivity index (χ0) is 22.3. The van der Waals surface area contributed by atoms with E-state index in [9.17, 15) is 4.79 Å². The van der Waals surface area contributed by atoms with Crippen molar-refractivity contribution in [1.29, 1.82) is 0 Å². The lowest BCUT2D eigenvalue weighted by Gasteiger charge is -2.10. The molecule has 5 rings (SSSR count). The molecule has 2 aromatic carbocycles. The number of anilines is 2. The number of pyridine rings is 1. The number of amides is 2. The Morgan fingerprint density at radius 1 is 1.10 bits per heavy atom. The van der Waals surface area contributed by atoms with Crippen LogP contribution in [0.5, 0.6) is 0 Å². The number of hydrogen-bond acceptors (Lipinski definition) is 2. The Morgan fingerprint density at radius 2 is 2.00 bits per heavy atom. The zero-order valence-electron chi connectivity index (χ0n) is 17.7. The van der Waals surface area contributed by atoms with Crippen LogP contribution >= 0.6 is 11.6 Å². The number of aromatic amines is 1. The Morgan fingerprint density at radius 3 is 2.90 bits per heavy atom. The number of benzene rings is 2. The van der Waals surface area contributed by atoms with Crippen LogP contribution in [0.4, 0.5) is 16.2 Å². The maximum Gasteiger partial charge on any atom is 0.323 e. The molecule has 0 atom stereocenters. The maximum atomic E-state index is 12.5. The monoisotopic (exact) mass is 417 g/mol. The lowest BCUT2D eigenvalue weighted by atomic mass is 10.2. The van der Waals surface area contributed by atoms with Gasteiger partial charge in [0.05, 0.1) is 13.9 Å². The van der Waals surface area contributed by atoms with Crippen LogP contribution in [0.15, 0.2) is 79.3 Å². The van der Waals surface area contributed by atoms with Gasteiger partial charge in [-0.15, -0.1) is 0 Å². The third kappa shape index (κ3) is 3.49. The van der Waals surface area contributed by atoms with E-state index in [0.717, 1.165) is 10.8 Å². The molecule has 0 fully saturated rings. The highest BCUT2D eigenvalue weighted by Gasteiger charge is 2.11. The number of nitrogens with one attached hydrogen (secondary N) is 3. The molecule has 148 valence electrons. The highest BCUT2D eigenvalue weighted by molar-refractivity contribution is 6.30. The van der Waals surface area contributed by atoms with Gasteiger partial charge in [0.15, 0.2) is 0 Å². The molecule has 2 amide bonds. The number of fused-ring (bicyclic) bond motifs is 2. The van der Waals surface area contributed by atoms with Crippen LogP contribution in [0.3, 0.4) is 0 Å². The highest BCUT2D eigenvalue weighted by atomic mass is 35.5. The highest BCUT2D eigenvalue weighted by Crippen LogP contribution is 2.27. The first-order valence-electron chi connectivity index (χ1n) is 10.3. The number of hydrogen-bond donors (Lipinski definition) is 3. The molecular weight excluding hydrogens is 398 g/mol. The molecule has 3 N–H and O–H groups in total. The van der Waals surface area contributed by atoms with Crippen molar-refractivity contribution >= 4 is 50.9 Å². The SMILES string of the molecule is [2H]C([2H])(c1c[nH]c2ncccc12)n1ccc2c(NC(=O)Nc3cccc(Cl)c3)cccc21. The quantitative estimate of drug-likeness (QED) is 0.342. The normalized spacial score (nSPS) is 12.6. The standard InChI is InChI=1S/C23H18ClN5O/c24-16-4-1-5-17(12-16)27-23(30)28-20-7-2-8-21-19(20)9-11-29(21)14-15-13-26-22-18(15)6-3-10-25-22/h1-13H,14H2,(H,25,26)(H2,27,28,30)/i14D2. The zero-order valence-corrected chi connectivity index (χ0v) is 16.4. The second-order valence-electron chi connectivity index (χ2n) is 6.73.